The monoisotopic (exact) mass is 558 g/mol. The molecule has 0 aromatic heterocycles. The molecule has 0 bridgehead atoms. The number of hydrogen-bond donors (Lipinski definition) is 0. The molecule has 0 aromatic carbocycles. The molecular formula is C28H34Cl2SiZr+2. The van der Waals surface area contributed by atoms with Crippen molar-refractivity contribution in [3.05, 3.63) is 107 Å². The van der Waals surface area contributed by atoms with Gasteiger partial charge in [-0.2, -0.15) is 0 Å². The van der Waals surface area contributed by atoms with Crippen molar-refractivity contribution in [1.82, 2.24) is 0 Å². The van der Waals surface area contributed by atoms with E-state index in [2.05, 4.69) is 104 Å². The molecule has 0 aliphatic heterocycles. The SMILES string of the molecule is C[C]1[CH][C]2[C](C=CC=C2C(C)C)[C]1[Si](C)(C)[C]1[C](C)[CH][C]2[C]1C=CC=C2C(C)C.[Cl][Zr+2][Cl]. The van der Waals surface area contributed by atoms with Crippen LogP contribution in [0.2, 0.25) is 13.1 Å². The zero-order valence-electron chi connectivity index (χ0n) is 20.5. The number of rotatable bonds is 4. The summed E-state index contributed by atoms with van der Waals surface area (Å²) in [6.07, 6.45) is 18.8. The standard InChI is InChI=1S/C28H34Si.2ClH.Zr/c1-17(2)21-11-9-13-23-25(21)15-19(5)27(23)29(7,8)28-20(6)16-26-22(18(3)4)12-10-14-24(26)28;;;/h9-18H,1-8H3;2*1H;/q;;;+4/p-2. The first-order valence-corrected chi connectivity index (χ1v) is 20.7. The fraction of sp³-hybridized carbons (Fsp3) is 0.357. The van der Waals surface area contributed by atoms with Gasteiger partial charge in [0.05, 0.1) is 8.07 Å². The van der Waals surface area contributed by atoms with Gasteiger partial charge in [-0.25, -0.2) is 0 Å². The fourth-order valence-electron chi connectivity index (χ4n) is 5.72. The number of halogens is 2. The third-order valence-electron chi connectivity index (χ3n) is 6.82. The molecule has 0 spiro atoms. The van der Waals surface area contributed by atoms with Crippen molar-refractivity contribution >= 4 is 25.1 Å². The van der Waals surface area contributed by atoms with Crippen LogP contribution in [0.4, 0.5) is 0 Å². The molecule has 2 fully saturated rings. The Hall–Kier alpha value is 0.640. The molecule has 4 rings (SSSR count). The van der Waals surface area contributed by atoms with Crippen LogP contribution in [-0.4, -0.2) is 8.07 Å². The Morgan fingerprint density at radius 2 is 1.03 bits per heavy atom. The van der Waals surface area contributed by atoms with Crippen LogP contribution in [0.5, 0.6) is 0 Å². The third-order valence-corrected chi connectivity index (χ3v) is 10.7. The van der Waals surface area contributed by atoms with Crippen molar-refractivity contribution in [1.29, 1.82) is 0 Å². The molecule has 10 radical (unpaired) electrons. The summed E-state index contributed by atoms with van der Waals surface area (Å²) in [6, 6.07) is 0. The molecule has 2 saturated carbocycles. The normalized spacial score (nSPS) is 24.5. The van der Waals surface area contributed by atoms with Crippen molar-refractivity contribution < 1.29 is 20.8 Å². The van der Waals surface area contributed by atoms with Gasteiger partial charge in [-0.1, -0.05) is 102 Å². The number of hydrogen-bond acceptors (Lipinski definition) is 0. The first kappa shape index (κ1) is 27.2. The van der Waals surface area contributed by atoms with Crippen LogP contribution in [0.3, 0.4) is 0 Å². The van der Waals surface area contributed by atoms with Gasteiger partial charge in [0.1, 0.15) is 0 Å². The van der Waals surface area contributed by atoms with Crippen LogP contribution in [0.25, 0.3) is 0 Å². The third kappa shape index (κ3) is 5.10. The second-order valence-electron chi connectivity index (χ2n) is 10.0. The Morgan fingerprint density at radius 1 is 0.688 bits per heavy atom. The van der Waals surface area contributed by atoms with Crippen molar-refractivity contribution in [2.75, 3.05) is 0 Å². The minimum atomic E-state index is -1.88. The van der Waals surface area contributed by atoms with E-state index in [-0.39, 0.29) is 0 Å². The molecule has 0 heterocycles. The summed E-state index contributed by atoms with van der Waals surface area (Å²) in [6.45, 7) is 19.0. The van der Waals surface area contributed by atoms with E-state index in [1.807, 2.05) is 0 Å². The van der Waals surface area contributed by atoms with Crippen molar-refractivity contribution in [3.8, 4) is 0 Å². The van der Waals surface area contributed by atoms with Gasteiger partial charge in [0.25, 0.3) is 0 Å². The Morgan fingerprint density at radius 3 is 1.34 bits per heavy atom. The molecule has 0 unspecified atom stereocenters. The summed E-state index contributed by atoms with van der Waals surface area (Å²) in [5.41, 5.74) is 6.21. The Bertz CT molecular complexity index is 716. The summed E-state index contributed by atoms with van der Waals surface area (Å²) < 4.78 is 0. The molecule has 0 N–H and O–H groups in total. The van der Waals surface area contributed by atoms with E-state index < -0.39 is 28.9 Å². The maximum absolute atomic E-state index is 4.93. The minimum absolute atomic E-state index is 0.549. The average molecular weight is 561 g/mol. The van der Waals surface area contributed by atoms with Crippen molar-refractivity contribution in [3.63, 3.8) is 0 Å². The van der Waals surface area contributed by atoms with Gasteiger partial charge in [0.2, 0.25) is 0 Å². The molecule has 166 valence electrons. The van der Waals surface area contributed by atoms with Gasteiger partial charge in [-0.3, -0.25) is 0 Å². The summed E-state index contributed by atoms with van der Waals surface area (Å²) in [5.74, 6) is 9.94. The Kier molecular flexibility index (Phi) is 9.48. The van der Waals surface area contributed by atoms with E-state index in [4.69, 9.17) is 17.0 Å². The Labute approximate surface area is 218 Å². The topological polar surface area (TPSA) is 0 Å². The molecule has 4 aliphatic carbocycles. The summed E-state index contributed by atoms with van der Waals surface area (Å²) >= 11 is -0.826. The second kappa shape index (κ2) is 11.1. The molecule has 0 atom stereocenters. The molecule has 4 heteroatoms. The summed E-state index contributed by atoms with van der Waals surface area (Å²) in [7, 11) is 7.98. The van der Waals surface area contributed by atoms with Gasteiger partial charge < -0.3 is 0 Å². The van der Waals surface area contributed by atoms with Crippen LogP contribution in [0.1, 0.15) is 41.5 Å². The predicted octanol–water partition coefficient (Wildman–Crippen LogP) is 8.53. The van der Waals surface area contributed by atoms with Crippen LogP contribution in [0.15, 0.2) is 47.6 Å². The second-order valence-corrected chi connectivity index (χ2v) is 18.0. The molecule has 4 aliphatic rings. The van der Waals surface area contributed by atoms with E-state index >= 15 is 0 Å². The van der Waals surface area contributed by atoms with Crippen LogP contribution < -0.4 is 0 Å². The summed E-state index contributed by atoms with van der Waals surface area (Å²) in [4.78, 5) is 0. The van der Waals surface area contributed by atoms with E-state index in [0.29, 0.717) is 11.8 Å². The molecule has 0 aromatic rings. The average Bonchev–Trinajstić information content (AvgIpc) is 3.23. The van der Waals surface area contributed by atoms with E-state index in [1.165, 1.54) is 46.7 Å². The number of fused-ring (bicyclic) bond motifs is 2. The van der Waals surface area contributed by atoms with Gasteiger partial charge in [-0.15, -0.1) is 0 Å². The van der Waals surface area contributed by atoms with Gasteiger partial charge in [-0.05, 0) is 47.6 Å². The number of allylic oxidation sites excluding steroid dienone is 8. The zero-order chi connectivity index (χ0) is 23.8. The first-order valence-electron chi connectivity index (χ1n) is 11.4. The summed E-state index contributed by atoms with van der Waals surface area (Å²) in [5, 5.41) is 0. The zero-order valence-corrected chi connectivity index (χ0v) is 25.5. The fourth-order valence-corrected chi connectivity index (χ4v) is 9.87. The quantitative estimate of drug-likeness (QED) is 0.302. The van der Waals surface area contributed by atoms with Crippen LogP contribution in [0, 0.1) is 71.3 Å². The van der Waals surface area contributed by atoms with E-state index in [1.54, 1.807) is 11.1 Å². The predicted molar refractivity (Wildman–Crippen MR) is 139 cm³/mol. The maximum atomic E-state index is 4.93. The van der Waals surface area contributed by atoms with Crippen LogP contribution >= 0.6 is 17.0 Å². The van der Waals surface area contributed by atoms with Gasteiger partial charge >= 0.3 is 37.9 Å². The van der Waals surface area contributed by atoms with Crippen LogP contribution in [-0.2, 0) is 20.8 Å². The van der Waals surface area contributed by atoms with Gasteiger partial charge in [0.15, 0.2) is 0 Å². The van der Waals surface area contributed by atoms with E-state index in [0.717, 1.165) is 0 Å². The van der Waals surface area contributed by atoms with E-state index in [9.17, 15) is 0 Å². The van der Waals surface area contributed by atoms with Gasteiger partial charge in [0, 0.05) is 23.7 Å². The van der Waals surface area contributed by atoms with Crippen molar-refractivity contribution in [2.45, 2.75) is 54.6 Å². The molecule has 0 saturated heterocycles. The molecule has 0 nitrogen and oxygen atoms in total. The van der Waals surface area contributed by atoms with Crippen molar-refractivity contribution in [2.24, 2.45) is 11.8 Å². The first-order chi connectivity index (χ1) is 15.1. The molecule has 32 heavy (non-hydrogen) atoms. The Balaban J connectivity index is 0.000000913. The molecular weight excluding hydrogens is 527 g/mol. The molecule has 0 amide bonds.